The Morgan fingerprint density at radius 2 is 1.64 bits per heavy atom. The highest BCUT2D eigenvalue weighted by Crippen LogP contribution is 2.34. The Morgan fingerprint density at radius 1 is 0.972 bits per heavy atom. The molecule has 0 aliphatic carbocycles. The van der Waals surface area contributed by atoms with Crippen molar-refractivity contribution in [2.24, 2.45) is 0 Å². The van der Waals surface area contributed by atoms with Crippen molar-refractivity contribution in [3.05, 3.63) is 83.4 Å². The van der Waals surface area contributed by atoms with E-state index in [0.717, 1.165) is 22.3 Å². The van der Waals surface area contributed by atoms with Gasteiger partial charge >= 0.3 is 5.97 Å². The number of aromatic nitrogens is 2. The van der Waals surface area contributed by atoms with Gasteiger partial charge in [0.1, 0.15) is 6.04 Å². The van der Waals surface area contributed by atoms with Crippen molar-refractivity contribution >= 4 is 18.4 Å². The minimum Gasteiger partial charge on any atom is -0.480 e. The lowest BCUT2D eigenvalue weighted by Crippen LogP contribution is -2.35. The quantitative estimate of drug-likeness (QED) is 0.267. The molecule has 2 N–H and O–H groups in total. The number of hydrogen-bond acceptors (Lipinski definition) is 5. The third-order valence-electron chi connectivity index (χ3n) is 5.92. The number of carbonyl (C=O) groups is 1. The Balaban J connectivity index is 0.00000361. The number of rotatable bonds is 8. The molecule has 0 aliphatic rings. The van der Waals surface area contributed by atoms with Crippen molar-refractivity contribution in [2.45, 2.75) is 39.3 Å². The maximum atomic E-state index is 13.4. The van der Waals surface area contributed by atoms with Gasteiger partial charge in [0.2, 0.25) is 5.82 Å². The summed E-state index contributed by atoms with van der Waals surface area (Å²) < 4.78 is 32.4. The number of alkyl halides is 2. The van der Waals surface area contributed by atoms with Gasteiger partial charge in [-0.3, -0.25) is 10.1 Å². The van der Waals surface area contributed by atoms with E-state index < -0.39 is 18.4 Å². The monoisotopic (exact) mass is 513 g/mol. The molecule has 188 valence electrons. The molecule has 0 unspecified atom stereocenters. The summed E-state index contributed by atoms with van der Waals surface area (Å²) >= 11 is 0. The van der Waals surface area contributed by atoms with E-state index in [0.29, 0.717) is 22.8 Å². The molecule has 4 aromatic rings. The number of aryl methyl sites for hydroxylation is 1. The van der Waals surface area contributed by atoms with E-state index in [9.17, 15) is 13.6 Å². The number of halogens is 3. The predicted octanol–water partition coefficient (Wildman–Crippen LogP) is 6.86. The van der Waals surface area contributed by atoms with Crippen LogP contribution < -0.4 is 5.32 Å². The summed E-state index contributed by atoms with van der Waals surface area (Å²) in [6.45, 7) is 5.35. The van der Waals surface area contributed by atoms with Crippen LogP contribution in [0.25, 0.3) is 34.0 Å². The lowest BCUT2D eigenvalue weighted by Gasteiger charge is -2.17. The van der Waals surface area contributed by atoms with Crippen molar-refractivity contribution in [3.63, 3.8) is 0 Å². The smallest absolute Gasteiger partial charge is 0.320 e. The van der Waals surface area contributed by atoms with E-state index in [-0.39, 0.29) is 24.0 Å². The maximum Gasteiger partial charge on any atom is 0.320 e. The van der Waals surface area contributed by atoms with Gasteiger partial charge in [-0.05, 0) is 55.2 Å². The molecule has 0 radical (unpaired) electrons. The van der Waals surface area contributed by atoms with Crippen molar-refractivity contribution in [1.29, 1.82) is 0 Å². The third kappa shape index (κ3) is 5.78. The Kier molecular flexibility index (Phi) is 8.55. The fraction of sp³-hybridized carbons (Fsp3) is 0.222. The van der Waals surface area contributed by atoms with E-state index >= 15 is 0 Å². The molecule has 2 atom stereocenters. The number of nitrogens with zero attached hydrogens (tertiary/aromatic N) is 2. The minimum atomic E-state index is -2.56. The summed E-state index contributed by atoms with van der Waals surface area (Å²) in [5.74, 6) is -0.170. The average Bonchev–Trinajstić information content (AvgIpc) is 3.34. The topological polar surface area (TPSA) is 88.2 Å². The summed E-state index contributed by atoms with van der Waals surface area (Å²) in [6.07, 6.45) is -2.56. The van der Waals surface area contributed by atoms with Crippen LogP contribution in [-0.2, 0) is 4.79 Å². The van der Waals surface area contributed by atoms with Gasteiger partial charge in [-0.1, -0.05) is 59.8 Å². The fourth-order valence-electron chi connectivity index (χ4n) is 3.95. The fourth-order valence-corrected chi connectivity index (χ4v) is 3.95. The SMILES string of the molecule is Cc1cc(-c2nc(-c3ccc([C@@H](C)N[C@H](C)C(=O)O)cc3)no2)ccc1-c1ccccc1C(F)F.Cl. The zero-order chi connectivity index (χ0) is 25.1. The Bertz CT molecular complexity index is 1340. The molecular formula is C27H26ClF2N3O3. The zero-order valence-corrected chi connectivity index (χ0v) is 20.7. The van der Waals surface area contributed by atoms with Gasteiger partial charge in [-0.15, -0.1) is 12.4 Å². The van der Waals surface area contributed by atoms with Crippen LogP contribution in [0.2, 0.25) is 0 Å². The van der Waals surface area contributed by atoms with E-state index in [1.54, 1.807) is 37.3 Å². The molecule has 1 aromatic heterocycles. The molecule has 0 fully saturated rings. The molecule has 0 spiro atoms. The molecule has 9 heteroatoms. The first kappa shape index (κ1) is 27.0. The standard InChI is InChI=1S/C27H25F2N3O3.ClH/c1-15-14-20(12-13-21(15)22-6-4-5-7-23(22)24(28)29)26-31-25(32-35-26)19-10-8-18(9-11-19)16(2)30-17(3)27(33)34;/h4-14,16-17,24,30H,1-3H3,(H,33,34);1H/t16-,17-;/m1./s1. The largest absolute Gasteiger partial charge is 0.480 e. The first-order valence-corrected chi connectivity index (χ1v) is 11.2. The highest BCUT2D eigenvalue weighted by Gasteiger charge is 2.18. The van der Waals surface area contributed by atoms with Crippen LogP contribution >= 0.6 is 12.4 Å². The second-order valence-corrected chi connectivity index (χ2v) is 8.41. The normalized spacial score (nSPS) is 12.7. The summed E-state index contributed by atoms with van der Waals surface area (Å²) in [4.78, 5) is 15.6. The van der Waals surface area contributed by atoms with Gasteiger partial charge in [0.25, 0.3) is 12.3 Å². The molecule has 0 saturated heterocycles. The van der Waals surface area contributed by atoms with Gasteiger partial charge in [0, 0.05) is 22.7 Å². The van der Waals surface area contributed by atoms with Gasteiger partial charge in [0.15, 0.2) is 0 Å². The zero-order valence-electron chi connectivity index (χ0n) is 19.9. The highest BCUT2D eigenvalue weighted by atomic mass is 35.5. The van der Waals surface area contributed by atoms with Gasteiger partial charge in [-0.25, -0.2) is 8.78 Å². The van der Waals surface area contributed by atoms with Crippen LogP contribution in [0.4, 0.5) is 8.78 Å². The van der Waals surface area contributed by atoms with Crippen LogP contribution in [0.1, 0.15) is 43.0 Å². The second kappa shape index (κ2) is 11.4. The Morgan fingerprint density at radius 3 is 2.28 bits per heavy atom. The van der Waals surface area contributed by atoms with Gasteiger partial charge < -0.3 is 9.63 Å². The molecule has 0 amide bonds. The summed E-state index contributed by atoms with van der Waals surface area (Å²) in [6, 6.07) is 18.6. The van der Waals surface area contributed by atoms with Crippen LogP contribution in [0.3, 0.4) is 0 Å². The summed E-state index contributed by atoms with van der Waals surface area (Å²) in [5, 5.41) is 16.2. The minimum absolute atomic E-state index is 0. The lowest BCUT2D eigenvalue weighted by atomic mass is 9.94. The molecule has 0 aliphatic heterocycles. The average molecular weight is 514 g/mol. The maximum absolute atomic E-state index is 13.4. The molecule has 3 aromatic carbocycles. The van der Waals surface area contributed by atoms with E-state index in [1.165, 1.54) is 6.07 Å². The highest BCUT2D eigenvalue weighted by molar-refractivity contribution is 5.85. The second-order valence-electron chi connectivity index (χ2n) is 8.41. The number of nitrogens with one attached hydrogen (secondary N) is 1. The summed E-state index contributed by atoms with van der Waals surface area (Å²) in [5.41, 5.74) is 4.41. The van der Waals surface area contributed by atoms with E-state index in [1.807, 2.05) is 44.2 Å². The molecule has 4 rings (SSSR count). The first-order chi connectivity index (χ1) is 16.7. The third-order valence-corrected chi connectivity index (χ3v) is 5.92. The Hall–Kier alpha value is -3.62. The Labute approximate surface area is 213 Å². The molecule has 0 bridgehead atoms. The van der Waals surface area contributed by atoms with Crippen LogP contribution in [0.15, 0.2) is 71.3 Å². The number of carboxylic acid groups (broad SMARTS) is 1. The van der Waals surface area contributed by atoms with Crippen molar-refractivity contribution in [3.8, 4) is 34.0 Å². The molecule has 36 heavy (non-hydrogen) atoms. The number of hydrogen-bond donors (Lipinski definition) is 2. The van der Waals surface area contributed by atoms with Crippen molar-refractivity contribution < 1.29 is 23.2 Å². The van der Waals surface area contributed by atoms with E-state index in [2.05, 4.69) is 15.5 Å². The van der Waals surface area contributed by atoms with Crippen LogP contribution in [-0.4, -0.2) is 27.3 Å². The lowest BCUT2D eigenvalue weighted by molar-refractivity contribution is -0.139. The number of benzene rings is 3. The van der Waals surface area contributed by atoms with Gasteiger partial charge in [0.05, 0.1) is 0 Å². The van der Waals surface area contributed by atoms with Crippen molar-refractivity contribution in [2.75, 3.05) is 0 Å². The first-order valence-electron chi connectivity index (χ1n) is 11.2. The number of carboxylic acids is 1. The van der Waals surface area contributed by atoms with Crippen LogP contribution in [0.5, 0.6) is 0 Å². The molecule has 1 heterocycles. The molecule has 0 saturated carbocycles. The summed E-state index contributed by atoms with van der Waals surface area (Å²) in [7, 11) is 0. The van der Waals surface area contributed by atoms with Gasteiger partial charge in [-0.2, -0.15) is 4.98 Å². The molecule has 6 nitrogen and oxygen atoms in total. The molecular weight excluding hydrogens is 488 g/mol. The van der Waals surface area contributed by atoms with Crippen molar-refractivity contribution in [1.82, 2.24) is 15.5 Å². The number of aliphatic carboxylic acids is 1. The van der Waals surface area contributed by atoms with Crippen LogP contribution in [0, 0.1) is 6.92 Å². The predicted molar refractivity (Wildman–Crippen MR) is 136 cm³/mol. The van der Waals surface area contributed by atoms with E-state index in [4.69, 9.17) is 9.63 Å².